The van der Waals surface area contributed by atoms with Gasteiger partial charge in [-0.3, -0.25) is 4.79 Å². The number of nitrogens with zero attached hydrogens (tertiary/aromatic N) is 2. The van der Waals surface area contributed by atoms with Crippen molar-refractivity contribution in [1.29, 1.82) is 0 Å². The third kappa shape index (κ3) is 5.64. The lowest BCUT2D eigenvalue weighted by Crippen LogP contribution is -2.29. The summed E-state index contributed by atoms with van der Waals surface area (Å²) < 4.78 is 5.54. The van der Waals surface area contributed by atoms with Gasteiger partial charge in [0.2, 0.25) is 11.8 Å². The van der Waals surface area contributed by atoms with Crippen LogP contribution in [0.4, 0.5) is 0 Å². The van der Waals surface area contributed by atoms with E-state index in [-0.39, 0.29) is 5.91 Å². The number of carbonyl (C=O) groups excluding carboxylic acids is 1. The summed E-state index contributed by atoms with van der Waals surface area (Å²) in [7, 11) is 0. The fourth-order valence-electron chi connectivity index (χ4n) is 2.58. The van der Waals surface area contributed by atoms with Gasteiger partial charge in [0.05, 0.1) is 18.7 Å². The summed E-state index contributed by atoms with van der Waals surface area (Å²) in [6.45, 7) is 4.84. The van der Waals surface area contributed by atoms with Crippen molar-refractivity contribution in [3.8, 4) is 17.1 Å². The molecule has 1 aromatic heterocycles. The molecular weight excluding hydrogens is 338 g/mol. The van der Waals surface area contributed by atoms with Crippen LogP contribution in [0, 0.1) is 13.8 Å². The van der Waals surface area contributed by atoms with Gasteiger partial charge in [0.1, 0.15) is 6.61 Å². The average molecular weight is 361 g/mol. The summed E-state index contributed by atoms with van der Waals surface area (Å²) in [5, 5.41) is 11.1. The topological polar surface area (TPSA) is 64.1 Å². The van der Waals surface area contributed by atoms with Crippen LogP contribution in [0.2, 0.25) is 0 Å². The molecule has 0 saturated heterocycles. The first-order valence-electron chi connectivity index (χ1n) is 8.96. The maximum absolute atomic E-state index is 11.9. The molecule has 2 aromatic carbocycles. The molecule has 0 spiro atoms. The Bertz CT molecular complexity index is 873. The second-order valence-corrected chi connectivity index (χ2v) is 6.48. The van der Waals surface area contributed by atoms with E-state index in [1.165, 1.54) is 11.1 Å². The zero-order chi connectivity index (χ0) is 19.1. The average Bonchev–Trinajstić information content (AvgIpc) is 2.68. The van der Waals surface area contributed by atoms with Gasteiger partial charge in [-0.1, -0.05) is 59.7 Å². The number of rotatable bonds is 7. The lowest BCUT2D eigenvalue weighted by molar-refractivity contribution is -0.120. The van der Waals surface area contributed by atoms with Gasteiger partial charge in [-0.25, -0.2) is 0 Å². The molecule has 0 radical (unpaired) electrons. The number of hydrogen-bond donors (Lipinski definition) is 1. The molecule has 0 bridgehead atoms. The second kappa shape index (κ2) is 8.94. The minimum atomic E-state index is -0.0248. The van der Waals surface area contributed by atoms with Crippen molar-refractivity contribution in [1.82, 2.24) is 15.5 Å². The number of nitrogens with one attached hydrogen (secondary N) is 1. The second-order valence-electron chi connectivity index (χ2n) is 6.48. The minimum absolute atomic E-state index is 0.0248. The standard InChI is InChI=1S/C22H23N3O2/c1-16-3-7-18(8-4-16)15-21(26)23-13-14-27-22-12-11-20(24-25-22)19-9-5-17(2)6-10-19/h3-12H,13-15H2,1-2H3,(H,23,26). The fraction of sp³-hybridized carbons (Fsp3) is 0.227. The molecule has 0 aliphatic rings. The summed E-state index contributed by atoms with van der Waals surface area (Å²) >= 11 is 0. The maximum Gasteiger partial charge on any atom is 0.233 e. The Balaban J connectivity index is 1.41. The molecule has 0 aliphatic carbocycles. The van der Waals surface area contributed by atoms with E-state index in [0.717, 1.165) is 16.8 Å². The Morgan fingerprint density at radius 2 is 1.56 bits per heavy atom. The van der Waals surface area contributed by atoms with Crippen molar-refractivity contribution >= 4 is 5.91 Å². The molecule has 3 rings (SSSR count). The highest BCUT2D eigenvalue weighted by atomic mass is 16.5. The molecule has 1 amide bonds. The highest BCUT2D eigenvalue weighted by Crippen LogP contribution is 2.18. The molecule has 138 valence electrons. The molecule has 0 saturated carbocycles. The molecular formula is C22H23N3O2. The smallest absolute Gasteiger partial charge is 0.233 e. The number of hydrogen-bond acceptors (Lipinski definition) is 4. The predicted octanol–water partition coefficient (Wildman–Crippen LogP) is 3.50. The Hall–Kier alpha value is -3.21. The van der Waals surface area contributed by atoms with Gasteiger partial charge in [-0.05, 0) is 25.5 Å². The van der Waals surface area contributed by atoms with Gasteiger partial charge >= 0.3 is 0 Å². The van der Waals surface area contributed by atoms with Crippen LogP contribution >= 0.6 is 0 Å². The first kappa shape index (κ1) is 18.6. The molecule has 1 heterocycles. The number of amides is 1. The number of benzene rings is 2. The first-order chi connectivity index (χ1) is 13.1. The van der Waals surface area contributed by atoms with Gasteiger partial charge in [-0.2, -0.15) is 0 Å². The summed E-state index contributed by atoms with van der Waals surface area (Å²) in [6.07, 6.45) is 0.366. The highest BCUT2D eigenvalue weighted by Gasteiger charge is 2.04. The van der Waals surface area contributed by atoms with Crippen molar-refractivity contribution < 1.29 is 9.53 Å². The van der Waals surface area contributed by atoms with Crippen LogP contribution in [-0.4, -0.2) is 29.3 Å². The Morgan fingerprint density at radius 3 is 2.19 bits per heavy atom. The molecule has 5 nitrogen and oxygen atoms in total. The van der Waals surface area contributed by atoms with Gasteiger partial charge in [0, 0.05) is 11.6 Å². The zero-order valence-electron chi connectivity index (χ0n) is 15.6. The van der Waals surface area contributed by atoms with Crippen LogP contribution in [0.1, 0.15) is 16.7 Å². The third-order valence-corrected chi connectivity index (χ3v) is 4.15. The van der Waals surface area contributed by atoms with E-state index < -0.39 is 0 Å². The zero-order valence-corrected chi connectivity index (χ0v) is 15.6. The van der Waals surface area contributed by atoms with Crippen molar-refractivity contribution in [2.24, 2.45) is 0 Å². The minimum Gasteiger partial charge on any atom is -0.475 e. The van der Waals surface area contributed by atoms with Gasteiger partial charge in [0.25, 0.3) is 0 Å². The van der Waals surface area contributed by atoms with E-state index in [1.54, 1.807) is 6.07 Å². The number of carbonyl (C=O) groups is 1. The molecule has 5 heteroatoms. The van der Waals surface area contributed by atoms with Crippen LogP contribution in [0.3, 0.4) is 0 Å². The van der Waals surface area contributed by atoms with Crippen LogP contribution in [-0.2, 0) is 11.2 Å². The lowest BCUT2D eigenvalue weighted by Gasteiger charge is -2.08. The van der Waals surface area contributed by atoms with Gasteiger partial charge in [0.15, 0.2) is 0 Å². The predicted molar refractivity (Wildman–Crippen MR) is 106 cm³/mol. The Morgan fingerprint density at radius 1 is 0.889 bits per heavy atom. The SMILES string of the molecule is Cc1ccc(CC(=O)NCCOc2ccc(-c3ccc(C)cc3)nn2)cc1. The summed E-state index contributed by atoms with van der Waals surface area (Å²) in [6, 6.07) is 19.7. The van der Waals surface area contributed by atoms with Gasteiger partial charge in [-0.15, -0.1) is 10.2 Å². The molecule has 0 fully saturated rings. The van der Waals surface area contributed by atoms with Gasteiger partial charge < -0.3 is 10.1 Å². The monoisotopic (exact) mass is 361 g/mol. The Labute approximate surface area is 159 Å². The van der Waals surface area contributed by atoms with Crippen LogP contribution in [0.5, 0.6) is 5.88 Å². The summed E-state index contributed by atoms with van der Waals surface area (Å²) in [5.74, 6) is 0.418. The van der Waals surface area contributed by atoms with E-state index >= 15 is 0 Å². The molecule has 27 heavy (non-hydrogen) atoms. The number of ether oxygens (including phenoxy) is 1. The summed E-state index contributed by atoms with van der Waals surface area (Å²) in [5.41, 5.74) is 5.20. The van der Waals surface area contributed by atoms with E-state index in [9.17, 15) is 4.79 Å². The molecule has 0 atom stereocenters. The van der Waals surface area contributed by atoms with Crippen molar-refractivity contribution in [2.45, 2.75) is 20.3 Å². The molecule has 0 aliphatic heterocycles. The highest BCUT2D eigenvalue weighted by molar-refractivity contribution is 5.78. The van der Waals surface area contributed by atoms with Crippen molar-refractivity contribution in [3.63, 3.8) is 0 Å². The molecule has 3 aromatic rings. The summed E-state index contributed by atoms with van der Waals surface area (Å²) in [4.78, 5) is 11.9. The van der Waals surface area contributed by atoms with E-state index in [4.69, 9.17) is 4.74 Å². The van der Waals surface area contributed by atoms with Crippen LogP contribution < -0.4 is 10.1 Å². The largest absolute Gasteiger partial charge is 0.475 e. The molecule has 1 N–H and O–H groups in total. The quantitative estimate of drug-likeness (QED) is 0.654. The van der Waals surface area contributed by atoms with Crippen LogP contribution in [0.15, 0.2) is 60.7 Å². The lowest BCUT2D eigenvalue weighted by atomic mass is 10.1. The first-order valence-corrected chi connectivity index (χ1v) is 8.96. The maximum atomic E-state index is 11.9. The van der Waals surface area contributed by atoms with E-state index in [1.807, 2.05) is 68.4 Å². The van der Waals surface area contributed by atoms with Crippen molar-refractivity contribution in [3.05, 3.63) is 77.4 Å². The molecule has 0 unspecified atom stereocenters. The van der Waals surface area contributed by atoms with Crippen LogP contribution in [0.25, 0.3) is 11.3 Å². The van der Waals surface area contributed by atoms with Crippen molar-refractivity contribution in [2.75, 3.05) is 13.2 Å². The van der Waals surface area contributed by atoms with E-state index in [2.05, 4.69) is 15.5 Å². The normalized spacial score (nSPS) is 10.4. The third-order valence-electron chi connectivity index (χ3n) is 4.15. The van der Waals surface area contributed by atoms with E-state index in [0.29, 0.717) is 25.5 Å². The number of aromatic nitrogens is 2. The Kier molecular flexibility index (Phi) is 6.15. The number of aryl methyl sites for hydroxylation is 2. The fourth-order valence-corrected chi connectivity index (χ4v) is 2.58.